The summed E-state index contributed by atoms with van der Waals surface area (Å²) < 4.78 is 9.62. The van der Waals surface area contributed by atoms with Gasteiger partial charge in [-0.25, -0.2) is 0 Å². The van der Waals surface area contributed by atoms with Gasteiger partial charge in [-0.1, -0.05) is 0 Å². The summed E-state index contributed by atoms with van der Waals surface area (Å²) in [5, 5.41) is 9.49. The van der Waals surface area contributed by atoms with Crippen LogP contribution in [0.3, 0.4) is 0 Å². The zero-order chi connectivity index (χ0) is 15.7. The van der Waals surface area contributed by atoms with Gasteiger partial charge in [0.15, 0.2) is 0 Å². The van der Waals surface area contributed by atoms with Crippen LogP contribution in [0.4, 0.5) is 0 Å². The minimum absolute atomic E-state index is 0.170. The van der Waals surface area contributed by atoms with E-state index in [0.717, 1.165) is 0 Å². The van der Waals surface area contributed by atoms with Crippen molar-refractivity contribution in [2.24, 2.45) is 5.92 Å². The van der Waals surface area contributed by atoms with E-state index in [1.807, 2.05) is 0 Å². The number of carbonyl (C=O) groups is 4. The lowest BCUT2D eigenvalue weighted by molar-refractivity contribution is -0.152. The summed E-state index contributed by atoms with van der Waals surface area (Å²) in [4.78, 5) is 43.8. The van der Waals surface area contributed by atoms with Gasteiger partial charge in [-0.05, 0) is 20.8 Å². The third kappa shape index (κ3) is 9.21. The Bertz CT molecular complexity index is 341. The molecule has 0 radical (unpaired) electrons. The van der Waals surface area contributed by atoms with Gasteiger partial charge in [-0.15, -0.1) is 0 Å². The number of hydrogen-bond acceptors (Lipinski definition) is 7. The molecule has 0 spiro atoms. The predicted octanol–water partition coefficient (Wildman–Crippen LogP) is 0.0280. The first-order valence-electron chi connectivity index (χ1n) is 6.20. The smallest absolute Gasteiger partial charge is 0.313 e. The standard InChI is InChI=1S/C13H20O7/c1-8(14)4-12(17)19-6-11(10(3)16)7-20-13(18)5-9(2)15/h10-11,16H,4-7H2,1-3H3. The van der Waals surface area contributed by atoms with Gasteiger partial charge >= 0.3 is 11.9 Å². The molecule has 20 heavy (non-hydrogen) atoms. The molecule has 0 amide bonds. The summed E-state index contributed by atoms with van der Waals surface area (Å²) >= 11 is 0. The lowest BCUT2D eigenvalue weighted by Crippen LogP contribution is -2.30. The zero-order valence-corrected chi connectivity index (χ0v) is 11.9. The molecular formula is C13H20O7. The first kappa shape index (κ1) is 18.2. The molecule has 0 heterocycles. The van der Waals surface area contributed by atoms with Crippen LogP contribution in [-0.4, -0.2) is 47.9 Å². The summed E-state index contributed by atoms with van der Waals surface area (Å²) in [5.74, 6) is -2.65. The average Bonchev–Trinajstić information content (AvgIpc) is 2.26. The van der Waals surface area contributed by atoms with Crippen molar-refractivity contribution >= 4 is 23.5 Å². The van der Waals surface area contributed by atoms with Crippen LogP contribution >= 0.6 is 0 Å². The number of carbonyl (C=O) groups excluding carboxylic acids is 4. The quantitative estimate of drug-likeness (QED) is 0.471. The molecule has 0 aromatic heterocycles. The molecule has 0 aliphatic rings. The number of hydrogen-bond donors (Lipinski definition) is 1. The van der Waals surface area contributed by atoms with Crippen LogP contribution in [0.15, 0.2) is 0 Å². The van der Waals surface area contributed by atoms with E-state index in [-0.39, 0.29) is 37.6 Å². The first-order chi connectivity index (χ1) is 9.22. The molecule has 1 unspecified atom stereocenters. The van der Waals surface area contributed by atoms with Crippen molar-refractivity contribution < 1.29 is 33.8 Å². The highest BCUT2D eigenvalue weighted by Crippen LogP contribution is 2.07. The molecular weight excluding hydrogens is 268 g/mol. The van der Waals surface area contributed by atoms with E-state index in [2.05, 4.69) is 0 Å². The largest absolute Gasteiger partial charge is 0.465 e. The topological polar surface area (TPSA) is 107 Å². The Labute approximate surface area is 117 Å². The number of aliphatic hydroxyl groups is 1. The van der Waals surface area contributed by atoms with Gasteiger partial charge in [-0.2, -0.15) is 0 Å². The number of aliphatic hydroxyl groups excluding tert-OH is 1. The third-order valence-corrected chi connectivity index (χ3v) is 2.39. The lowest BCUT2D eigenvalue weighted by atomic mass is 10.1. The van der Waals surface area contributed by atoms with Crippen LogP contribution in [0.25, 0.3) is 0 Å². The molecule has 0 aromatic carbocycles. The Balaban J connectivity index is 4.17. The van der Waals surface area contributed by atoms with E-state index in [4.69, 9.17) is 9.47 Å². The maximum Gasteiger partial charge on any atom is 0.313 e. The van der Waals surface area contributed by atoms with Gasteiger partial charge in [0.25, 0.3) is 0 Å². The van der Waals surface area contributed by atoms with Gasteiger partial charge in [0.1, 0.15) is 24.4 Å². The highest BCUT2D eigenvalue weighted by Gasteiger charge is 2.20. The van der Waals surface area contributed by atoms with Crippen molar-refractivity contribution in [3.05, 3.63) is 0 Å². The summed E-state index contributed by atoms with van der Waals surface area (Å²) in [6.07, 6.45) is -1.54. The van der Waals surface area contributed by atoms with E-state index >= 15 is 0 Å². The number of Topliss-reactive ketones (excluding diaryl/α,β-unsaturated/α-hetero) is 2. The van der Waals surface area contributed by atoms with Crippen LogP contribution in [0.1, 0.15) is 33.6 Å². The van der Waals surface area contributed by atoms with Gasteiger partial charge < -0.3 is 14.6 Å². The van der Waals surface area contributed by atoms with Crippen molar-refractivity contribution in [2.75, 3.05) is 13.2 Å². The molecule has 1 atom stereocenters. The van der Waals surface area contributed by atoms with Gasteiger partial charge in [0.05, 0.1) is 25.2 Å². The van der Waals surface area contributed by atoms with Crippen molar-refractivity contribution in [1.82, 2.24) is 0 Å². The number of esters is 2. The molecule has 7 heteroatoms. The Morgan fingerprint density at radius 3 is 1.50 bits per heavy atom. The van der Waals surface area contributed by atoms with Crippen molar-refractivity contribution in [2.45, 2.75) is 39.7 Å². The van der Waals surface area contributed by atoms with E-state index in [1.54, 1.807) is 0 Å². The van der Waals surface area contributed by atoms with Crippen LogP contribution < -0.4 is 0 Å². The lowest BCUT2D eigenvalue weighted by Gasteiger charge is -2.19. The molecule has 0 aliphatic carbocycles. The second-order valence-electron chi connectivity index (χ2n) is 4.62. The van der Waals surface area contributed by atoms with Crippen LogP contribution in [0, 0.1) is 5.92 Å². The van der Waals surface area contributed by atoms with Crippen molar-refractivity contribution in [1.29, 1.82) is 0 Å². The molecule has 7 nitrogen and oxygen atoms in total. The first-order valence-corrected chi connectivity index (χ1v) is 6.20. The Hall–Kier alpha value is -1.76. The summed E-state index contributed by atoms with van der Waals surface area (Å²) in [5.41, 5.74) is 0. The second kappa shape index (κ2) is 9.19. The highest BCUT2D eigenvalue weighted by atomic mass is 16.5. The predicted molar refractivity (Wildman–Crippen MR) is 67.7 cm³/mol. The average molecular weight is 288 g/mol. The summed E-state index contributed by atoms with van der Waals surface area (Å²) in [7, 11) is 0. The van der Waals surface area contributed by atoms with Crippen molar-refractivity contribution in [3.8, 4) is 0 Å². The molecule has 0 aromatic rings. The fourth-order valence-corrected chi connectivity index (χ4v) is 1.24. The van der Waals surface area contributed by atoms with E-state index in [0.29, 0.717) is 0 Å². The van der Waals surface area contributed by atoms with Crippen LogP contribution in [-0.2, 0) is 28.7 Å². The van der Waals surface area contributed by atoms with E-state index < -0.39 is 24.0 Å². The Morgan fingerprint density at radius 2 is 1.25 bits per heavy atom. The maximum atomic E-state index is 11.2. The minimum atomic E-state index is -0.870. The zero-order valence-electron chi connectivity index (χ0n) is 11.9. The number of rotatable bonds is 9. The fourth-order valence-electron chi connectivity index (χ4n) is 1.24. The van der Waals surface area contributed by atoms with Crippen LogP contribution in [0.5, 0.6) is 0 Å². The highest BCUT2D eigenvalue weighted by molar-refractivity contribution is 5.94. The Kier molecular flexibility index (Phi) is 8.38. The number of ketones is 2. The molecule has 0 rings (SSSR count). The molecule has 0 saturated carbocycles. The molecule has 1 N–H and O–H groups in total. The summed E-state index contributed by atoms with van der Waals surface area (Å²) in [6, 6.07) is 0. The molecule has 0 aliphatic heterocycles. The Morgan fingerprint density at radius 1 is 0.900 bits per heavy atom. The van der Waals surface area contributed by atoms with Gasteiger partial charge in [-0.3, -0.25) is 19.2 Å². The molecule has 114 valence electrons. The minimum Gasteiger partial charge on any atom is -0.465 e. The molecule has 0 fully saturated rings. The monoisotopic (exact) mass is 288 g/mol. The normalized spacial score (nSPS) is 11.8. The van der Waals surface area contributed by atoms with Crippen LogP contribution in [0.2, 0.25) is 0 Å². The molecule has 0 saturated heterocycles. The maximum absolute atomic E-state index is 11.2. The van der Waals surface area contributed by atoms with E-state index in [9.17, 15) is 24.3 Å². The van der Waals surface area contributed by atoms with Gasteiger partial charge in [0, 0.05) is 0 Å². The molecule has 0 bridgehead atoms. The third-order valence-electron chi connectivity index (χ3n) is 2.39. The second-order valence-corrected chi connectivity index (χ2v) is 4.62. The van der Waals surface area contributed by atoms with Crippen molar-refractivity contribution in [3.63, 3.8) is 0 Å². The summed E-state index contributed by atoms with van der Waals surface area (Å²) in [6.45, 7) is 3.64. The van der Waals surface area contributed by atoms with E-state index in [1.165, 1.54) is 20.8 Å². The van der Waals surface area contributed by atoms with Gasteiger partial charge in [0.2, 0.25) is 0 Å². The fraction of sp³-hybridized carbons (Fsp3) is 0.692. The SMILES string of the molecule is CC(=O)CC(=O)OCC(COC(=O)CC(C)=O)C(C)O. The number of ether oxygens (including phenoxy) is 2.